The number of nitrogens with zero attached hydrogens (tertiary/aromatic N) is 1. The maximum Gasteiger partial charge on any atom is 0.318 e. The van der Waals surface area contributed by atoms with Gasteiger partial charge < -0.3 is 20.4 Å². The summed E-state index contributed by atoms with van der Waals surface area (Å²) in [5.41, 5.74) is 1.11. The molecular weight excluding hydrogens is 344 g/mol. The molecule has 2 atom stereocenters. The van der Waals surface area contributed by atoms with Gasteiger partial charge in [0, 0.05) is 25.4 Å². The number of carbonyl (C=O) groups is 2. The third-order valence-electron chi connectivity index (χ3n) is 4.67. The molecule has 2 rings (SSSR count). The number of hydrogen-bond acceptors (Lipinski definition) is 3. The second kappa shape index (κ2) is 11.2. The van der Waals surface area contributed by atoms with Gasteiger partial charge in [-0.1, -0.05) is 36.3 Å². The van der Waals surface area contributed by atoms with Crippen molar-refractivity contribution in [2.45, 2.75) is 57.1 Å². The number of carbonyl (C=O) groups excluding carboxylic acids is 1. The lowest BCUT2D eigenvalue weighted by Crippen LogP contribution is -2.52. The van der Waals surface area contributed by atoms with Crippen LogP contribution in [0.1, 0.15) is 44.1 Å². The Morgan fingerprint density at radius 1 is 1.30 bits per heavy atom. The fourth-order valence-electron chi connectivity index (χ4n) is 3.20. The van der Waals surface area contributed by atoms with Gasteiger partial charge in [0.05, 0.1) is 12.6 Å². The third kappa shape index (κ3) is 7.71. The van der Waals surface area contributed by atoms with Crippen molar-refractivity contribution in [1.82, 2.24) is 10.2 Å². The van der Waals surface area contributed by atoms with Crippen LogP contribution in [-0.4, -0.2) is 52.3 Å². The minimum Gasteiger partial charge on any atom is -0.481 e. The molecule has 1 heterocycles. The minimum absolute atomic E-state index is 0.0671. The number of aliphatic hydroxyl groups excluding tert-OH is 1. The van der Waals surface area contributed by atoms with E-state index in [0.717, 1.165) is 18.4 Å². The van der Waals surface area contributed by atoms with Crippen molar-refractivity contribution in [3.05, 3.63) is 35.9 Å². The van der Waals surface area contributed by atoms with Crippen molar-refractivity contribution >= 4 is 12.0 Å². The number of rotatable bonds is 9. The van der Waals surface area contributed by atoms with Gasteiger partial charge >= 0.3 is 12.0 Å². The van der Waals surface area contributed by atoms with Gasteiger partial charge in [-0.3, -0.25) is 4.79 Å². The molecule has 0 aromatic heterocycles. The van der Waals surface area contributed by atoms with Crippen molar-refractivity contribution in [2.24, 2.45) is 0 Å². The quantitative estimate of drug-likeness (QED) is 0.459. The van der Waals surface area contributed by atoms with Crippen LogP contribution in [0.25, 0.3) is 0 Å². The van der Waals surface area contributed by atoms with E-state index in [-0.39, 0.29) is 18.5 Å². The Morgan fingerprint density at radius 3 is 2.81 bits per heavy atom. The first-order valence-electron chi connectivity index (χ1n) is 9.50. The summed E-state index contributed by atoms with van der Waals surface area (Å²) in [7, 11) is 0. The fourth-order valence-corrected chi connectivity index (χ4v) is 3.20. The van der Waals surface area contributed by atoms with Crippen molar-refractivity contribution < 1.29 is 19.8 Å². The van der Waals surface area contributed by atoms with E-state index >= 15 is 0 Å². The Hall–Kier alpha value is -2.52. The zero-order valence-corrected chi connectivity index (χ0v) is 15.6. The summed E-state index contributed by atoms with van der Waals surface area (Å²) in [5, 5.41) is 21.8. The third-order valence-corrected chi connectivity index (χ3v) is 4.67. The lowest BCUT2D eigenvalue weighted by atomic mass is 9.98. The van der Waals surface area contributed by atoms with Crippen molar-refractivity contribution in [1.29, 1.82) is 0 Å². The molecule has 6 nitrogen and oxygen atoms in total. The molecule has 3 N–H and O–H groups in total. The summed E-state index contributed by atoms with van der Waals surface area (Å²) in [6, 6.07) is 9.83. The number of unbranched alkanes of at least 4 members (excludes halogenated alkanes) is 1. The predicted octanol–water partition coefficient (Wildman–Crippen LogP) is 2.41. The van der Waals surface area contributed by atoms with E-state index in [2.05, 4.69) is 17.2 Å². The highest BCUT2D eigenvalue weighted by atomic mass is 16.4. The monoisotopic (exact) mass is 372 g/mol. The van der Waals surface area contributed by atoms with Gasteiger partial charge in [-0.05, 0) is 37.7 Å². The Labute approximate surface area is 160 Å². The molecule has 0 spiro atoms. The zero-order chi connectivity index (χ0) is 19.5. The smallest absolute Gasteiger partial charge is 0.318 e. The summed E-state index contributed by atoms with van der Waals surface area (Å²) in [5.74, 6) is 5.10. The Balaban J connectivity index is 1.79. The highest BCUT2D eigenvalue weighted by Crippen LogP contribution is 2.17. The summed E-state index contributed by atoms with van der Waals surface area (Å²) in [4.78, 5) is 24.4. The van der Waals surface area contributed by atoms with Gasteiger partial charge in [-0.25, -0.2) is 4.79 Å². The largest absolute Gasteiger partial charge is 0.481 e. The SMILES string of the molecule is O=C(O)CCCC#CCN1C(=O)NCC[C@@H]1CCC(O)Cc1ccccc1. The first-order chi connectivity index (χ1) is 13.1. The van der Waals surface area contributed by atoms with Gasteiger partial charge in [0.2, 0.25) is 0 Å². The molecule has 1 aromatic carbocycles. The number of hydrogen-bond donors (Lipinski definition) is 3. The highest BCUT2D eigenvalue weighted by Gasteiger charge is 2.27. The summed E-state index contributed by atoms with van der Waals surface area (Å²) in [6.45, 7) is 0.971. The molecule has 0 radical (unpaired) electrons. The summed E-state index contributed by atoms with van der Waals surface area (Å²) >= 11 is 0. The molecule has 27 heavy (non-hydrogen) atoms. The number of amides is 2. The molecule has 1 aliphatic heterocycles. The molecule has 2 amide bonds. The molecule has 6 heteroatoms. The van der Waals surface area contributed by atoms with Crippen LogP contribution >= 0.6 is 0 Å². The molecular formula is C21H28N2O4. The Bertz CT molecular complexity index is 666. The van der Waals surface area contributed by atoms with Gasteiger partial charge in [0.1, 0.15) is 0 Å². The number of aliphatic carboxylic acids is 1. The molecule has 1 fully saturated rings. The molecule has 1 aliphatic rings. The summed E-state index contributed by atoms with van der Waals surface area (Å²) in [6.07, 6.45) is 3.54. The lowest BCUT2D eigenvalue weighted by molar-refractivity contribution is -0.137. The topological polar surface area (TPSA) is 89.9 Å². The van der Waals surface area contributed by atoms with E-state index in [1.807, 2.05) is 30.3 Å². The predicted molar refractivity (Wildman–Crippen MR) is 103 cm³/mol. The maximum absolute atomic E-state index is 12.2. The molecule has 146 valence electrons. The number of carboxylic acid groups (broad SMARTS) is 1. The van der Waals surface area contributed by atoms with E-state index in [0.29, 0.717) is 38.8 Å². The van der Waals surface area contributed by atoms with E-state index < -0.39 is 12.1 Å². The van der Waals surface area contributed by atoms with Gasteiger partial charge in [-0.2, -0.15) is 0 Å². The normalized spacial score (nSPS) is 17.6. The first-order valence-corrected chi connectivity index (χ1v) is 9.50. The first kappa shape index (κ1) is 20.8. The van der Waals surface area contributed by atoms with Crippen LogP contribution in [-0.2, 0) is 11.2 Å². The van der Waals surface area contributed by atoms with Crippen LogP contribution in [0.15, 0.2) is 30.3 Å². The van der Waals surface area contributed by atoms with Crippen LogP contribution in [0, 0.1) is 11.8 Å². The second-order valence-corrected chi connectivity index (χ2v) is 6.82. The second-order valence-electron chi connectivity index (χ2n) is 6.82. The minimum atomic E-state index is -0.818. The van der Waals surface area contributed by atoms with E-state index in [1.54, 1.807) is 4.90 Å². The van der Waals surface area contributed by atoms with Crippen molar-refractivity contribution in [2.75, 3.05) is 13.1 Å². The number of benzene rings is 1. The average molecular weight is 372 g/mol. The molecule has 1 saturated heterocycles. The Kier molecular flexibility index (Phi) is 8.66. The van der Waals surface area contributed by atoms with Crippen LogP contribution in [0.4, 0.5) is 4.79 Å². The van der Waals surface area contributed by atoms with E-state index in [4.69, 9.17) is 5.11 Å². The number of carboxylic acids is 1. The number of aliphatic hydroxyl groups is 1. The van der Waals surface area contributed by atoms with Crippen LogP contribution < -0.4 is 5.32 Å². The number of urea groups is 1. The molecule has 1 aromatic rings. The molecule has 1 unspecified atom stereocenters. The summed E-state index contributed by atoms with van der Waals surface area (Å²) < 4.78 is 0. The fraction of sp³-hybridized carbons (Fsp3) is 0.524. The van der Waals surface area contributed by atoms with Crippen molar-refractivity contribution in [3.63, 3.8) is 0 Å². The highest BCUT2D eigenvalue weighted by molar-refractivity contribution is 5.75. The van der Waals surface area contributed by atoms with Crippen LogP contribution in [0.5, 0.6) is 0 Å². The zero-order valence-electron chi connectivity index (χ0n) is 15.6. The molecule has 0 saturated carbocycles. The molecule has 0 aliphatic carbocycles. The Morgan fingerprint density at radius 2 is 2.07 bits per heavy atom. The lowest BCUT2D eigenvalue weighted by Gasteiger charge is -2.35. The van der Waals surface area contributed by atoms with Gasteiger partial charge in [0.15, 0.2) is 0 Å². The van der Waals surface area contributed by atoms with E-state index in [9.17, 15) is 14.7 Å². The number of nitrogens with one attached hydrogen (secondary N) is 1. The van der Waals surface area contributed by atoms with Crippen LogP contribution in [0.3, 0.4) is 0 Å². The van der Waals surface area contributed by atoms with Gasteiger partial charge in [0.25, 0.3) is 0 Å². The van der Waals surface area contributed by atoms with Crippen LogP contribution in [0.2, 0.25) is 0 Å². The average Bonchev–Trinajstić information content (AvgIpc) is 2.65. The van der Waals surface area contributed by atoms with Crippen molar-refractivity contribution in [3.8, 4) is 11.8 Å². The van der Waals surface area contributed by atoms with E-state index in [1.165, 1.54) is 0 Å². The molecule has 0 bridgehead atoms. The van der Waals surface area contributed by atoms with Gasteiger partial charge in [-0.15, -0.1) is 5.92 Å². The maximum atomic E-state index is 12.2. The standard InChI is InChI=1S/C21H28N2O4/c24-19(16-17-8-4-3-5-9-17)12-11-18-13-14-22-21(27)23(18)15-7-2-1-6-10-20(25)26/h3-5,8-9,18-19,24H,1,6,10-16H2,(H,22,27)(H,25,26)/t18-,19?/m0/s1.